The minimum Gasteiger partial charge on any atom is -0.326 e. The van der Waals surface area contributed by atoms with Crippen LogP contribution in [0.25, 0.3) is 0 Å². The molecule has 1 aromatic carbocycles. The number of hydrogen-bond acceptors (Lipinski definition) is 1. The average molecular weight is 219 g/mol. The maximum Gasteiger partial charge on any atom is 0.224 e. The summed E-state index contributed by atoms with van der Waals surface area (Å²) in [5, 5.41) is 2.93. The zero-order valence-corrected chi connectivity index (χ0v) is 10.5. The van der Waals surface area contributed by atoms with Crippen LogP contribution in [0.1, 0.15) is 44.7 Å². The molecule has 0 saturated carbocycles. The zero-order valence-electron chi connectivity index (χ0n) is 10.5. The lowest BCUT2D eigenvalue weighted by Gasteiger charge is -2.07. The first-order valence-corrected chi connectivity index (χ1v) is 6.21. The number of hydrogen-bond donors (Lipinski definition) is 1. The van der Waals surface area contributed by atoms with Gasteiger partial charge in [0.1, 0.15) is 0 Å². The molecule has 2 heteroatoms. The van der Waals surface area contributed by atoms with E-state index in [1.54, 1.807) is 0 Å². The van der Waals surface area contributed by atoms with Gasteiger partial charge in [0.25, 0.3) is 0 Å². The van der Waals surface area contributed by atoms with Gasteiger partial charge in [-0.15, -0.1) is 0 Å². The Morgan fingerprint density at radius 3 is 2.69 bits per heavy atom. The predicted molar refractivity (Wildman–Crippen MR) is 68.7 cm³/mol. The van der Waals surface area contributed by atoms with E-state index in [-0.39, 0.29) is 5.91 Å². The standard InChI is InChI=1S/C12H15NO.C2H6/c1-2-9-6-7-11-10(8-9)4-3-5-12(14)13-11;1-2/h6-8H,2-5H2,1H3,(H,13,14);1-2H3. The summed E-state index contributed by atoms with van der Waals surface area (Å²) in [5.74, 6) is 0.146. The number of aryl methyl sites for hydroxylation is 2. The molecular formula is C14H21NO. The first-order valence-electron chi connectivity index (χ1n) is 6.21. The minimum absolute atomic E-state index is 0.146. The topological polar surface area (TPSA) is 29.1 Å². The van der Waals surface area contributed by atoms with Gasteiger partial charge in [-0.05, 0) is 36.5 Å². The van der Waals surface area contributed by atoms with Crippen molar-refractivity contribution in [3.63, 3.8) is 0 Å². The quantitative estimate of drug-likeness (QED) is 0.769. The monoisotopic (exact) mass is 219 g/mol. The molecule has 0 bridgehead atoms. The summed E-state index contributed by atoms with van der Waals surface area (Å²) in [6.07, 6.45) is 3.69. The fourth-order valence-electron chi connectivity index (χ4n) is 1.85. The molecule has 0 fully saturated rings. The number of carbonyl (C=O) groups excluding carboxylic acids is 1. The van der Waals surface area contributed by atoms with E-state index in [0.717, 1.165) is 24.9 Å². The number of carbonyl (C=O) groups is 1. The van der Waals surface area contributed by atoms with Crippen molar-refractivity contribution >= 4 is 11.6 Å². The van der Waals surface area contributed by atoms with Crippen molar-refractivity contribution in [1.82, 2.24) is 0 Å². The number of fused-ring (bicyclic) bond motifs is 1. The van der Waals surface area contributed by atoms with E-state index in [1.165, 1.54) is 11.1 Å². The molecule has 0 unspecified atom stereocenters. The third-order valence-corrected chi connectivity index (χ3v) is 2.70. The van der Waals surface area contributed by atoms with Gasteiger partial charge < -0.3 is 5.32 Å². The summed E-state index contributed by atoms with van der Waals surface area (Å²) in [6, 6.07) is 6.32. The molecule has 0 spiro atoms. The summed E-state index contributed by atoms with van der Waals surface area (Å²) in [5.41, 5.74) is 3.64. The lowest BCUT2D eigenvalue weighted by molar-refractivity contribution is -0.116. The van der Waals surface area contributed by atoms with Crippen LogP contribution in [0, 0.1) is 0 Å². The molecule has 1 aromatic rings. The summed E-state index contributed by atoms with van der Waals surface area (Å²) in [7, 11) is 0. The Labute approximate surface area is 98.1 Å². The van der Waals surface area contributed by atoms with Crippen LogP contribution in [0.5, 0.6) is 0 Å². The number of amides is 1. The van der Waals surface area contributed by atoms with E-state index in [1.807, 2.05) is 19.9 Å². The van der Waals surface area contributed by atoms with Crippen molar-refractivity contribution in [3.8, 4) is 0 Å². The Bertz CT molecular complexity index is 358. The highest BCUT2D eigenvalue weighted by molar-refractivity contribution is 5.92. The van der Waals surface area contributed by atoms with Gasteiger partial charge in [-0.25, -0.2) is 0 Å². The van der Waals surface area contributed by atoms with Crippen LogP contribution in [0.4, 0.5) is 5.69 Å². The molecule has 1 amide bonds. The van der Waals surface area contributed by atoms with Crippen LogP contribution in [-0.4, -0.2) is 5.91 Å². The first kappa shape index (κ1) is 12.8. The van der Waals surface area contributed by atoms with E-state index in [2.05, 4.69) is 24.4 Å². The maximum absolute atomic E-state index is 11.3. The largest absolute Gasteiger partial charge is 0.326 e. The Kier molecular flexibility index (Phi) is 5.03. The molecule has 1 aliphatic heterocycles. The zero-order chi connectivity index (χ0) is 12.0. The number of anilines is 1. The molecule has 88 valence electrons. The Hall–Kier alpha value is -1.31. The van der Waals surface area contributed by atoms with E-state index in [0.29, 0.717) is 6.42 Å². The Morgan fingerprint density at radius 2 is 2.00 bits per heavy atom. The summed E-state index contributed by atoms with van der Waals surface area (Å²) < 4.78 is 0. The minimum atomic E-state index is 0.146. The number of rotatable bonds is 1. The molecule has 0 atom stereocenters. The van der Waals surface area contributed by atoms with Gasteiger partial charge in [-0.2, -0.15) is 0 Å². The Morgan fingerprint density at radius 1 is 1.25 bits per heavy atom. The van der Waals surface area contributed by atoms with E-state index in [9.17, 15) is 4.79 Å². The first-order chi connectivity index (χ1) is 7.79. The molecule has 0 aliphatic carbocycles. The molecule has 0 radical (unpaired) electrons. The third kappa shape index (κ3) is 3.09. The molecule has 2 nitrogen and oxygen atoms in total. The van der Waals surface area contributed by atoms with Gasteiger partial charge in [0.15, 0.2) is 0 Å². The second-order valence-corrected chi connectivity index (χ2v) is 3.75. The number of nitrogens with one attached hydrogen (secondary N) is 1. The number of benzene rings is 1. The fourth-order valence-corrected chi connectivity index (χ4v) is 1.85. The fraction of sp³-hybridized carbons (Fsp3) is 0.500. The van der Waals surface area contributed by atoms with Gasteiger partial charge >= 0.3 is 0 Å². The summed E-state index contributed by atoms with van der Waals surface area (Å²) in [6.45, 7) is 6.15. The van der Waals surface area contributed by atoms with Crippen molar-refractivity contribution in [2.75, 3.05) is 5.32 Å². The predicted octanol–water partition coefficient (Wildman–Crippen LogP) is 3.55. The van der Waals surface area contributed by atoms with Crippen molar-refractivity contribution in [2.24, 2.45) is 0 Å². The normalized spacial score (nSPS) is 14.1. The molecule has 0 saturated heterocycles. The molecule has 2 rings (SSSR count). The second-order valence-electron chi connectivity index (χ2n) is 3.75. The van der Waals surface area contributed by atoms with Crippen molar-refractivity contribution in [1.29, 1.82) is 0 Å². The molecule has 1 heterocycles. The average Bonchev–Trinajstić information content (AvgIpc) is 2.51. The molecule has 16 heavy (non-hydrogen) atoms. The van der Waals surface area contributed by atoms with Crippen LogP contribution in [0.2, 0.25) is 0 Å². The Balaban J connectivity index is 0.000000606. The van der Waals surface area contributed by atoms with Crippen molar-refractivity contribution in [2.45, 2.75) is 46.5 Å². The highest BCUT2D eigenvalue weighted by Crippen LogP contribution is 2.23. The SMILES string of the molecule is CC.CCc1ccc2c(c1)CCCC(=O)N2. The maximum atomic E-state index is 11.3. The van der Waals surface area contributed by atoms with E-state index in [4.69, 9.17) is 0 Å². The third-order valence-electron chi connectivity index (χ3n) is 2.70. The molecule has 1 N–H and O–H groups in total. The second kappa shape index (κ2) is 6.31. The summed E-state index contributed by atoms with van der Waals surface area (Å²) >= 11 is 0. The summed E-state index contributed by atoms with van der Waals surface area (Å²) in [4.78, 5) is 11.3. The van der Waals surface area contributed by atoms with Gasteiger partial charge in [-0.3, -0.25) is 4.79 Å². The van der Waals surface area contributed by atoms with E-state index < -0.39 is 0 Å². The van der Waals surface area contributed by atoms with Crippen LogP contribution >= 0.6 is 0 Å². The van der Waals surface area contributed by atoms with E-state index >= 15 is 0 Å². The molecule has 1 aliphatic rings. The molecule has 0 aromatic heterocycles. The van der Waals surface area contributed by atoms with Gasteiger partial charge in [-0.1, -0.05) is 32.9 Å². The van der Waals surface area contributed by atoms with Crippen LogP contribution in [-0.2, 0) is 17.6 Å². The smallest absolute Gasteiger partial charge is 0.224 e. The van der Waals surface area contributed by atoms with Crippen molar-refractivity contribution in [3.05, 3.63) is 29.3 Å². The van der Waals surface area contributed by atoms with Gasteiger partial charge in [0.2, 0.25) is 5.91 Å². The van der Waals surface area contributed by atoms with Gasteiger partial charge in [0, 0.05) is 12.1 Å². The van der Waals surface area contributed by atoms with Gasteiger partial charge in [0.05, 0.1) is 0 Å². The van der Waals surface area contributed by atoms with Crippen LogP contribution in [0.15, 0.2) is 18.2 Å². The highest BCUT2D eigenvalue weighted by atomic mass is 16.1. The lowest BCUT2D eigenvalue weighted by atomic mass is 10.0. The lowest BCUT2D eigenvalue weighted by Crippen LogP contribution is -2.09. The highest BCUT2D eigenvalue weighted by Gasteiger charge is 2.12. The van der Waals surface area contributed by atoms with Crippen LogP contribution < -0.4 is 5.32 Å². The molecular weight excluding hydrogens is 198 g/mol. The van der Waals surface area contributed by atoms with Crippen LogP contribution in [0.3, 0.4) is 0 Å². The van der Waals surface area contributed by atoms with Crippen molar-refractivity contribution < 1.29 is 4.79 Å².